The maximum Gasteiger partial charge on any atom is 0.270 e. The summed E-state index contributed by atoms with van der Waals surface area (Å²) in [6.07, 6.45) is 1.46. The topological polar surface area (TPSA) is 87.7 Å². The number of carbonyl (C=O) groups is 3. The average Bonchev–Trinajstić information content (AvgIpc) is 2.83. The summed E-state index contributed by atoms with van der Waals surface area (Å²) in [7, 11) is 0. The van der Waals surface area contributed by atoms with Crippen LogP contribution in [0.3, 0.4) is 0 Å². The molecule has 7 nitrogen and oxygen atoms in total. The monoisotopic (exact) mass is 563 g/mol. The molecule has 0 aliphatic carbocycles. The SMILES string of the molecule is Cc1ccc(NC(=O)COc2cccc(/C=C3\C(=O)NC(=S)N(c4cccc(Br)c4)C3=O)c2)cc1C. The fourth-order valence-corrected chi connectivity index (χ4v) is 4.20. The van der Waals surface area contributed by atoms with E-state index >= 15 is 0 Å². The number of halogens is 1. The lowest BCUT2D eigenvalue weighted by atomic mass is 10.1. The van der Waals surface area contributed by atoms with Gasteiger partial charge in [-0.25, -0.2) is 0 Å². The van der Waals surface area contributed by atoms with E-state index in [-0.39, 0.29) is 23.2 Å². The van der Waals surface area contributed by atoms with Crippen molar-refractivity contribution in [3.8, 4) is 5.75 Å². The van der Waals surface area contributed by atoms with E-state index in [0.717, 1.165) is 15.6 Å². The van der Waals surface area contributed by atoms with E-state index < -0.39 is 11.8 Å². The van der Waals surface area contributed by atoms with E-state index in [1.165, 1.54) is 11.0 Å². The van der Waals surface area contributed by atoms with E-state index in [0.29, 0.717) is 22.7 Å². The van der Waals surface area contributed by atoms with E-state index in [2.05, 4.69) is 26.6 Å². The van der Waals surface area contributed by atoms with Crippen molar-refractivity contribution < 1.29 is 19.1 Å². The molecular weight excluding hydrogens is 542 g/mol. The molecule has 1 aliphatic heterocycles. The normalized spacial score (nSPS) is 14.6. The van der Waals surface area contributed by atoms with Gasteiger partial charge in [-0.05, 0) is 91.3 Å². The number of ether oxygens (including phenoxy) is 1. The van der Waals surface area contributed by atoms with Crippen molar-refractivity contribution in [2.24, 2.45) is 0 Å². The summed E-state index contributed by atoms with van der Waals surface area (Å²) < 4.78 is 6.40. The molecule has 1 aliphatic rings. The number of thiocarbonyl (C=S) groups is 1. The third-order valence-corrected chi connectivity index (χ3v) is 6.28. The van der Waals surface area contributed by atoms with Crippen molar-refractivity contribution in [2.75, 3.05) is 16.8 Å². The van der Waals surface area contributed by atoms with Gasteiger partial charge in [-0.15, -0.1) is 0 Å². The van der Waals surface area contributed by atoms with Crippen molar-refractivity contribution in [1.82, 2.24) is 5.32 Å². The Kier molecular flexibility index (Phi) is 7.61. The van der Waals surface area contributed by atoms with Crippen LogP contribution in [-0.4, -0.2) is 29.4 Å². The summed E-state index contributed by atoms with van der Waals surface area (Å²) in [5.41, 5.74) is 3.92. The van der Waals surface area contributed by atoms with Crippen LogP contribution in [0.2, 0.25) is 0 Å². The van der Waals surface area contributed by atoms with E-state index in [4.69, 9.17) is 17.0 Å². The Labute approximate surface area is 222 Å². The molecule has 2 N–H and O–H groups in total. The van der Waals surface area contributed by atoms with Gasteiger partial charge in [0.15, 0.2) is 11.7 Å². The lowest BCUT2D eigenvalue weighted by Gasteiger charge is -2.29. The number of nitrogens with zero attached hydrogens (tertiary/aromatic N) is 1. The van der Waals surface area contributed by atoms with E-state index in [9.17, 15) is 14.4 Å². The number of aryl methyl sites for hydroxylation is 2. The van der Waals surface area contributed by atoms with Crippen molar-refractivity contribution in [2.45, 2.75) is 13.8 Å². The van der Waals surface area contributed by atoms with Crippen molar-refractivity contribution >= 4 is 68.4 Å². The van der Waals surface area contributed by atoms with Gasteiger partial charge < -0.3 is 10.1 Å². The number of anilines is 2. The smallest absolute Gasteiger partial charge is 0.270 e. The van der Waals surface area contributed by atoms with E-state index in [1.54, 1.807) is 42.5 Å². The predicted molar refractivity (Wildman–Crippen MR) is 147 cm³/mol. The summed E-state index contributed by atoms with van der Waals surface area (Å²) in [6.45, 7) is 3.78. The van der Waals surface area contributed by atoms with Crippen LogP contribution in [0.1, 0.15) is 16.7 Å². The van der Waals surface area contributed by atoms with Crippen LogP contribution < -0.4 is 20.3 Å². The molecule has 3 aromatic rings. The number of hydrogen-bond donors (Lipinski definition) is 2. The number of carbonyl (C=O) groups excluding carboxylic acids is 3. The molecule has 0 spiro atoms. The molecule has 0 aromatic heterocycles. The second kappa shape index (κ2) is 10.8. The molecule has 0 bridgehead atoms. The lowest BCUT2D eigenvalue weighted by molar-refractivity contribution is -0.122. The van der Waals surface area contributed by atoms with Gasteiger partial charge in [0.25, 0.3) is 17.7 Å². The van der Waals surface area contributed by atoms with Gasteiger partial charge in [0.05, 0.1) is 5.69 Å². The molecule has 0 unspecified atom stereocenters. The molecule has 4 rings (SSSR count). The highest BCUT2D eigenvalue weighted by atomic mass is 79.9. The predicted octanol–water partition coefficient (Wildman–Crippen LogP) is 4.91. The van der Waals surface area contributed by atoms with Gasteiger partial charge in [0, 0.05) is 10.2 Å². The summed E-state index contributed by atoms with van der Waals surface area (Å²) in [5.74, 6) is -1.01. The second-order valence-electron chi connectivity index (χ2n) is 8.15. The van der Waals surface area contributed by atoms with Crippen molar-refractivity contribution in [3.63, 3.8) is 0 Å². The Balaban J connectivity index is 1.48. The van der Waals surface area contributed by atoms with Crippen LogP contribution in [0.15, 0.2) is 76.8 Å². The molecule has 0 atom stereocenters. The Morgan fingerprint density at radius 1 is 1.06 bits per heavy atom. The molecule has 0 saturated carbocycles. The van der Waals surface area contributed by atoms with E-state index in [1.807, 2.05) is 38.1 Å². The molecule has 3 aromatic carbocycles. The molecule has 1 heterocycles. The van der Waals surface area contributed by atoms with Crippen LogP contribution in [0.25, 0.3) is 6.08 Å². The first-order valence-electron chi connectivity index (χ1n) is 11.0. The molecule has 1 saturated heterocycles. The number of benzene rings is 3. The van der Waals surface area contributed by atoms with Gasteiger partial charge >= 0.3 is 0 Å². The van der Waals surface area contributed by atoms with Gasteiger partial charge in [-0.1, -0.05) is 40.2 Å². The van der Waals surface area contributed by atoms with Crippen molar-refractivity contribution in [1.29, 1.82) is 0 Å². The number of rotatable bonds is 6. The largest absolute Gasteiger partial charge is 0.484 e. The van der Waals surface area contributed by atoms with Crippen LogP contribution in [0, 0.1) is 13.8 Å². The Bertz CT molecular complexity index is 1420. The minimum Gasteiger partial charge on any atom is -0.484 e. The van der Waals surface area contributed by atoms with Crippen LogP contribution >= 0.6 is 28.1 Å². The quantitative estimate of drug-likeness (QED) is 0.252. The molecule has 0 radical (unpaired) electrons. The zero-order valence-corrected chi connectivity index (χ0v) is 21.9. The molecule has 3 amide bonds. The van der Waals surface area contributed by atoms with Crippen molar-refractivity contribution in [3.05, 3.63) is 93.5 Å². The Morgan fingerprint density at radius 2 is 1.83 bits per heavy atom. The third-order valence-electron chi connectivity index (χ3n) is 5.50. The highest BCUT2D eigenvalue weighted by Crippen LogP contribution is 2.25. The zero-order valence-electron chi connectivity index (χ0n) is 19.5. The summed E-state index contributed by atoms with van der Waals surface area (Å²) in [5, 5.41) is 5.38. The highest BCUT2D eigenvalue weighted by molar-refractivity contribution is 9.10. The van der Waals surface area contributed by atoms with Gasteiger partial charge in [0.2, 0.25) is 0 Å². The van der Waals surface area contributed by atoms with Gasteiger partial charge in [0.1, 0.15) is 11.3 Å². The maximum absolute atomic E-state index is 13.2. The second-order valence-corrected chi connectivity index (χ2v) is 9.45. The van der Waals surface area contributed by atoms with Crippen LogP contribution in [0.4, 0.5) is 11.4 Å². The molecule has 9 heteroatoms. The minimum absolute atomic E-state index is 0.00659. The standard InChI is InChI=1S/C27H22BrN3O4S/c1-16-9-10-20(11-17(16)2)29-24(32)15-35-22-8-3-5-18(12-22)13-23-25(33)30-27(36)31(26(23)34)21-7-4-6-19(28)14-21/h3-14H,15H2,1-2H3,(H,29,32)(H,30,33,36)/b23-13+. The lowest BCUT2D eigenvalue weighted by Crippen LogP contribution is -2.54. The maximum atomic E-state index is 13.2. The van der Waals surface area contributed by atoms with Crippen LogP contribution in [-0.2, 0) is 14.4 Å². The summed E-state index contributed by atoms with van der Waals surface area (Å²) in [4.78, 5) is 39.4. The Hall–Kier alpha value is -3.82. The minimum atomic E-state index is -0.588. The van der Waals surface area contributed by atoms with Gasteiger partial charge in [-0.2, -0.15) is 0 Å². The molecular formula is C27H22BrN3O4S. The zero-order chi connectivity index (χ0) is 25.8. The molecule has 182 valence electrons. The fourth-order valence-electron chi connectivity index (χ4n) is 3.53. The molecule has 1 fully saturated rings. The van der Waals surface area contributed by atoms with Gasteiger partial charge in [-0.3, -0.25) is 24.6 Å². The van der Waals surface area contributed by atoms with Crippen LogP contribution in [0.5, 0.6) is 5.75 Å². The summed E-state index contributed by atoms with van der Waals surface area (Å²) in [6, 6.07) is 19.5. The Morgan fingerprint density at radius 3 is 2.58 bits per heavy atom. The first kappa shape index (κ1) is 25.3. The summed E-state index contributed by atoms with van der Waals surface area (Å²) >= 11 is 8.62. The average molecular weight is 564 g/mol. The first-order valence-corrected chi connectivity index (χ1v) is 12.2. The first-order chi connectivity index (χ1) is 17.2. The molecule has 36 heavy (non-hydrogen) atoms. The number of hydrogen-bond acceptors (Lipinski definition) is 5. The third kappa shape index (κ3) is 5.87. The number of nitrogens with one attached hydrogen (secondary N) is 2. The number of amides is 3. The fraction of sp³-hybridized carbons (Fsp3) is 0.111. The highest BCUT2D eigenvalue weighted by Gasteiger charge is 2.34.